The van der Waals surface area contributed by atoms with E-state index in [9.17, 15) is 10.2 Å². The van der Waals surface area contributed by atoms with E-state index in [0.29, 0.717) is 0 Å². The molecule has 4 aliphatic rings. The minimum Gasteiger partial charge on any atom is -0.393 e. The van der Waals surface area contributed by atoms with Gasteiger partial charge in [0.1, 0.15) is 0 Å². The number of rotatable bonds is 0. The first-order chi connectivity index (χ1) is 11.1. The Morgan fingerprint density at radius 2 is 1.71 bits per heavy atom. The minimum atomic E-state index is -0.293. The van der Waals surface area contributed by atoms with Crippen molar-refractivity contribution in [2.24, 2.45) is 33.3 Å². The fraction of sp³-hybridized carbons (Fsp3) is 0.905. The van der Waals surface area contributed by atoms with Gasteiger partial charge in [-0.15, -0.1) is 0 Å². The molecule has 3 saturated carbocycles. The second-order valence-corrected chi connectivity index (χ2v) is 10.3. The third kappa shape index (κ3) is 1.74. The second-order valence-electron chi connectivity index (χ2n) is 10.3. The molecule has 0 bridgehead atoms. The maximum Gasteiger partial charge on any atom is 0.0724 e. The van der Waals surface area contributed by atoms with Gasteiger partial charge in [-0.05, 0) is 72.5 Å². The van der Waals surface area contributed by atoms with Gasteiger partial charge in [0.25, 0.3) is 0 Å². The van der Waals surface area contributed by atoms with E-state index in [1.165, 1.54) is 12.0 Å². The zero-order valence-corrected chi connectivity index (χ0v) is 15.8. The molecular weight excluding hydrogens is 298 g/mol. The van der Waals surface area contributed by atoms with Gasteiger partial charge in [0.15, 0.2) is 0 Å². The van der Waals surface area contributed by atoms with Gasteiger partial charge < -0.3 is 15.9 Å². The molecule has 0 radical (unpaired) electrons. The summed E-state index contributed by atoms with van der Waals surface area (Å²) in [6, 6.07) is 0.202. The number of hydrogen-bond donors (Lipinski definition) is 3. The number of aliphatic hydroxyl groups is 2. The van der Waals surface area contributed by atoms with Crippen molar-refractivity contribution < 1.29 is 10.2 Å². The maximum absolute atomic E-state index is 11.3. The van der Waals surface area contributed by atoms with Gasteiger partial charge in [-0.25, -0.2) is 0 Å². The molecule has 0 aliphatic heterocycles. The predicted molar refractivity (Wildman–Crippen MR) is 96.3 cm³/mol. The van der Waals surface area contributed by atoms with Crippen LogP contribution in [0.4, 0.5) is 0 Å². The van der Waals surface area contributed by atoms with Crippen molar-refractivity contribution >= 4 is 0 Å². The van der Waals surface area contributed by atoms with Gasteiger partial charge in [-0.2, -0.15) is 0 Å². The smallest absolute Gasteiger partial charge is 0.0724 e. The summed E-state index contributed by atoms with van der Waals surface area (Å²) in [6.45, 7) is 9.61. The highest BCUT2D eigenvalue weighted by molar-refractivity contribution is 5.30. The SMILES string of the molecule is CC12CC[C@H](N)[C@@]1(C)C[C@H](O)C1[C@@]3(C)CCC(O)C=C3CC[C@]12C. The normalized spacial score (nSPS) is 60.0. The lowest BCUT2D eigenvalue weighted by Crippen LogP contribution is -2.67. The summed E-state index contributed by atoms with van der Waals surface area (Å²) in [6.07, 6.45) is 8.61. The third-order valence-electron chi connectivity index (χ3n) is 9.69. The van der Waals surface area contributed by atoms with Crippen LogP contribution >= 0.6 is 0 Å². The first-order valence-corrected chi connectivity index (χ1v) is 9.91. The predicted octanol–water partition coefficient (Wildman–Crippen LogP) is 3.39. The molecule has 0 aromatic rings. The van der Waals surface area contributed by atoms with E-state index in [1.807, 2.05) is 0 Å². The van der Waals surface area contributed by atoms with E-state index in [1.54, 1.807) is 0 Å². The Labute approximate surface area is 146 Å². The van der Waals surface area contributed by atoms with Gasteiger partial charge >= 0.3 is 0 Å². The highest BCUT2D eigenvalue weighted by Crippen LogP contribution is 2.75. The average Bonchev–Trinajstić information content (AvgIpc) is 2.73. The molecule has 0 heterocycles. The van der Waals surface area contributed by atoms with Crippen LogP contribution in [-0.4, -0.2) is 28.5 Å². The highest BCUT2D eigenvalue weighted by Gasteiger charge is 2.71. The van der Waals surface area contributed by atoms with E-state index in [0.717, 1.165) is 38.5 Å². The largest absolute Gasteiger partial charge is 0.393 e. The van der Waals surface area contributed by atoms with Crippen molar-refractivity contribution in [1.82, 2.24) is 0 Å². The van der Waals surface area contributed by atoms with Crippen LogP contribution in [0.25, 0.3) is 0 Å². The van der Waals surface area contributed by atoms with E-state index in [4.69, 9.17) is 5.73 Å². The Balaban J connectivity index is 1.85. The summed E-state index contributed by atoms with van der Waals surface area (Å²) in [7, 11) is 0. The zero-order chi connectivity index (χ0) is 17.5. The molecule has 3 nitrogen and oxygen atoms in total. The molecule has 24 heavy (non-hydrogen) atoms. The molecule has 0 saturated heterocycles. The van der Waals surface area contributed by atoms with Gasteiger partial charge in [-0.3, -0.25) is 0 Å². The summed E-state index contributed by atoms with van der Waals surface area (Å²) in [5, 5.41) is 21.4. The van der Waals surface area contributed by atoms with Crippen LogP contribution < -0.4 is 5.73 Å². The summed E-state index contributed by atoms with van der Waals surface area (Å²) in [5.74, 6) is 0.279. The van der Waals surface area contributed by atoms with Crippen LogP contribution in [0.5, 0.6) is 0 Å². The monoisotopic (exact) mass is 333 g/mol. The summed E-state index contributed by atoms with van der Waals surface area (Å²) < 4.78 is 0. The molecule has 4 aliphatic carbocycles. The molecule has 3 fully saturated rings. The van der Waals surface area contributed by atoms with E-state index in [2.05, 4.69) is 33.8 Å². The summed E-state index contributed by atoms with van der Waals surface area (Å²) >= 11 is 0. The number of nitrogens with two attached hydrogens (primary N) is 1. The molecular formula is C21H35NO2. The minimum absolute atomic E-state index is 0.0304. The van der Waals surface area contributed by atoms with Crippen molar-refractivity contribution in [2.75, 3.05) is 0 Å². The number of hydrogen-bond acceptors (Lipinski definition) is 3. The van der Waals surface area contributed by atoms with Crippen LogP contribution in [0, 0.1) is 27.6 Å². The van der Waals surface area contributed by atoms with Crippen molar-refractivity contribution in [2.45, 2.75) is 90.9 Å². The van der Waals surface area contributed by atoms with Crippen LogP contribution in [0.15, 0.2) is 11.6 Å². The van der Waals surface area contributed by atoms with Crippen LogP contribution in [-0.2, 0) is 0 Å². The lowest BCUT2D eigenvalue weighted by molar-refractivity contribution is -0.216. The van der Waals surface area contributed by atoms with Crippen molar-refractivity contribution in [3.63, 3.8) is 0 Å². The molecule has 3 unspecified atom stereocenters. The maximum atomic E-state index is 11.3. The zero-order valence-electron chi connectivity index (χ0n) is 15.8. The molecule has 0 aromatic carbocycles. The number of fused-ring (bicyclic) bond motifs is 5. The fourth-order valence-electron chi connectivity index (χ4n) is 7.88. The summed E-state index contributed by atoms with van der Waals surface area (Å²) in [4.78, 5) is 0. The quantitative estimate of drug-likeness (QED) is 0.595. The Bertz CT molecular complexity index is 588. The van der Waals surface area contributed by atoms with Crippen molar-refractivity contribution in [1.29, 1.82) is 0 Å². The van der Waals surface area contributed by atoms with Gasteiger partial charge in [0.2, 0.25) is 0 Å². The lowest BCUT2D eigenvalue weighted by Gasteiger charge is -2.69. The Kier molecular flexibility index (Phi) is 3.46. The van der Waals surface area contributed by atoms with Crippen molar-refractivity contribution in [3.05, 3.63) is 11.6 Å². The molecule has 8 atom stereocenters. The summed E-state index contributed by atoms with van der Waals surface area (Å²) in [5.41, 5.74) is 8.34. The van der Waals surface area contributed by atoms with Crippen molar-refractivity contribution in [3.8, 4) is 0 Å². The standard InChI is InChI=1S/C21H35NO2/c1-18-8-6-14(23)11-13(18)5-9-19(2)17(18)15(24)12-20(3)16(22)7-10-21(19,20)4/h11,14-17,23-24H,5-10,12,22H2,1-4H3/t14?,15-,16-,17?,18-,19+,20+,21?/m0/s1. The Morgan fingerprint density at radius 3 is 2.42 bits per heavy atom. The first kappa shape index (κ1) is 17.1. The molecule has 136 valence electrons. The molecule has 3 heteroatoms. The first-order valence-electron chi connectivity index (χ1n) is 9.91. The van der Waals surface area contributed by atoms with Gasteiger partial charge in [-0.1, -0.05) is 39.3 Å². The topological polar surface area (TPSA) is 66.5 Å². The average molecular weight is 334 g/mol. The molecule has 4 N–H and O–H groups in total. The number of allylic oxidation sites excluding steroid dienone is 1. The van der Waals surface area contributed by atoms with Crippen LogP contribution in [0.2, 0.25) is 0 Å². The Morgan fingerprint density at radius 1 is 1.00 bits per heavy atom. The van der Waals surface area contributed by atoms with Crippen LogP contribution in [0.3, 0.4) is 0 Å². The van der Waals surface area contributed by atoms with E-state index in [-0.39, 0.29) is 45.8 Å². The fourth-order valence-corrected chi connectivity index (χ4v) is 7.88. The molecule has 0 amide bonds. The van der Waals surface area contributed by atoms with Crippen LogP contribution in [0.1, 0.15) is 72.6 Å². The van der Waals surface area contributed by atoms with Gasteiger partial charge in [0.05, 0.1) is 12.2 Å². The lowest BCUT2D eigenvalue weighted by atomic mass is 9.36. The number of aliphatic hydroxyl groups excluding tert-OH is 2. The third-order valence-corrected chi connectivity index (χ3v) is 9.69. The molecule has 4 rings (SSSR count). The second kappa shape index (κ2) is 4.86. The molecule has 0 aromatic heterocycles. The highest BCUT2D eigenvalue weighted by atomic mass is 16.3. The molecule has 0 spiro atoms. The van der Waals surface area contributed by atoms with Gasteiger partial charge in [0, 0.05) is 6.04 Å². The van der Waals surface area contributed by atoms with E-state index >= 15 is 0 Å². The Hall–Kier alpha value is -0.380. The van der Waals surface area contributed by atoms with E-state index < -0.39 is 0 Å².